The SMILES string of the molecule is CCCCCCCCCCCCCCCCCC[N+](C)(CCC)C[Si](OCC)(OCC)OCC. The summed E-state index contributed by atoms with van der Waals surface area (Å²) in [5, 5.41) is 0. The van der Waals surface area contributed by atoms with Crippen LogP contribution in [0.1, 0.15) is 144 Å². The minimum atomic E-state index is -2.61. The highest BCUT2D eigenvalue weighted by atomic mass is 28.4. The fourth-order valence-corrected chi connectivity index (χ4v) is 8.34. The normalized spacial score (nSPS) is 13.9. The molecule has 0 aliphatic carbocycles. The number of nitrogens with zero attached hydrogens (tertiary/aromatic N) is 1. The molecule has 4 nitrogen and oxygen atoms in total. The second-order valence-corrected chi connectivity index (χ2v) is 13.1. The zero-order valence-corrected chi connectivity index (χ0v) is 25.4. The summed E-state index contributed by atoms with van der Waals surface area (Å²) in [6, 6.07) is 0. The highest BCUT2D eigenvalue weighted by Gasteiger charge is 2.48. The van der Waals surface area contributed by atoms with Gasteiger partial charge in [0.15, 0.2) is 0 Å². The Bertz CT molecular complexity index is 407. The summed E-state index contributed by atoms with van der Waals surface area (Å²) >= 11 is 0. The quantitative estimate of drug-likeness (QED) is 0.0638. The van der Waals surface area contributed by atoms with Crippen molar-refractivity contribution in [2.75, 3.05) is 46.1 Å². The molecule has 1 unspecified atom stereocenters. The highest BCUT2D eigenvalue weighted by Crippen LogP contribution is 2.20. The van der Waals surface area contributed by atoms with Crippen molar-refractivity contribution in [1.82, 2.24) is 0 Å². The molecule has 0 aliphatic rings. The van der Waals surface area contributed by atoms with Crippen molar-refractivity contribution in [3.63, 3.8) is 0 Å². The molecule has 0 radical (unpaired) electrons. The third-order valence-corrected chi connectivity index (χ3v) is 10.3. The average molecular weight is 503 g/mol. The molecule has 0 N–H and O–H groups in total. The summed E-state index contributed by atoms with van der Waals surface area (Å²) in [5.41, 5.74) is 0. The first-order valence-corrected chi connectivity index (χ1v) is 17.2. The highest BCUT2D eigenvalue weighted by molar-refractivity contribution is 6.60. The molecule has 0 aromatic rings. The van der Waals surface area contributed by atoms with Gasteiger partial charge in [0.05, 0.1) is 20.1 Å². The molecule has 5 heteroatoms. The van der Waals surface area contributed by atoms with E-state index in [1.54, 1.807) is 0 Å². The van der Waals surface area contributed by atoms with Crippen LogP contribution in [-0.2, 0) is 13.3 Å². The number of hydrogen-bond acceptors (Lipinski definition) is 3. The van der Waals surface area contributed by atoms with E-state index < -0.39 is 8.80 Å². The maximum atomic E-state index is 6.16. The largest absolute Gasteiger partial charge is 0.559 e. The second kappa shape index (κ2) is 23.5. The van der Waals surface area contributed by atoms with Gasteiger partial charge in [-0.3, -0.25) is 0 Å². The number of hydrogen-bond donors (Lipinski definition) is 0. The van der Waals surface area contributed by atoms with Crippen LogP contribution in [0.25, 0.3) is 0 Å². The van der Waals surface area contributed by atoms with Gasteiger partial charge in [0.2, 0.25) is 0 Å². The van der Waals surface area contributed by atoms with Crippen molar-refractivity contribution in [1.29, 1.82) is 0 Å². The van der Waals surface area contributed by atoms with E-state index in [1.165, 1.54) is 122 Å². The van der Waals surface area contributed by atoms with Gasteiger partial charge >= 0.3 is 8.80 Å². The van der Waals surface area contributed by atoms with Gasteiger partial charge in [0, 0.05) is 19.8 Å². The van der Waals surface area contributed by atoms with Crippen molar-refractivity contribution < 1.29 is 17.8 Å². The first kappa shape index (κ1) is 34.1. The predicted octanol–water partition coefficient (Wildman–Crippen LogP) is 8.69. The molecule has 206 valence electrons. The van der Waals surface area contributed by atoms with E-state index in [2.05, 4.69) is 41.7 Å². The third kappa shape index (κ3) is 18.3. The van der Waals surface area contributed by atoms with Crippen LogP contribution in [-0.4, -0.2) is 59.4 Å². The maximum absolute atomic E-state index is 6.16. The van der Waals surface area contributed by atoms with Crippen molar-refractivity contribution in [2.45, 2.75) is 144 Å². The van der Waals surface area contributed by atoms with E-state index in [9.17, 15) is 0 Å². The zero-order valence-electron chi connectivity index (χ0n) is 24.4. The third-order valence-electron chi connectivity index (χ3n) is 6.98. The minimum Gasteiger partial charge on any atom is -0.370 e. The number of unbranched alkanes of at least 4 members (excludes halogenated alkanes) is 15. The van der Waals surface area contributed by atoms with E-state index in [1.807, 2.05) is 0 Å². The fourth-order valence-electron chi connectivity index (χ4n) is 5.24. The van der Waals surface area contributed by atoms with Gasteiger partial charge in [0.25, 0.3) is 0 Å². The lowest BCUT2D eigenvalue weighted by molar-refractivity contribution is -0.902. The summed E-state index contributed by atoms with van der Waals surface area (Å²) in [5.74, 6) is 0. The molecule has 0 rings (SSSR count). The Labute approximate surface area is 216 Å². The number of rotatable bonds is 27. The average Bonchev–Trinajstić information content (AvgIpc) is 2.79. The van der Waals surface area contributed by atoms with E-state index in [0.717, 1.165) is 10.7 Å². The van der Waals surface area contributed by atoms with Crippen LogP contribution < -0.4 is 0 Å². The van der Waals surface area contributed by atoms with Crippen LogP contribution in [0.2, 0.25) is 0 Å². The molecule has 0 saturated heterocycles. The summed E-state index contributed by atoms with van der Waals surface area (Å²) in [6.45, 7) is 15.1. The van der Waals surface area contributed by atoms with Crippen molar-refractivity contribution >= 4 is 8.80 Å². The van der Waals surface area contributed by atoms with Crippen LogP contribution in [0, 0.1) is 0 Å². The molecule has 0 spiro atoms. The van der Waals surface area contributed by atoms with Crippen LogP contribution in [0.15, 0.2) is 0 Å². The van der Waals surface area contributed by atoms with Crippen molar-refractivity contribution in [3.05, 3.63) is 0 Å². The Morgan fingerprint density at radius 2 is 0.794 bits per heavy atom. The smallest absolute Gasteiger partial charge is 0.370 e. The van der Waals surface area contributed by atoms with E-state index >= 15 is 0 Å². The first-order valence-electron chi connectivity index (χ1n) is 15.3. The molecule has 0 saturated carbocycles. The van der Waals surface area contributed by atoms with Gasteiger partial charge in [-0.15, -0.1) is 0 Å². The monoisotopic (exact) mass is 502 g/mol. The Morgan fingerprint density at radius 3 is 1.12 bits per heavy atom. The van der Waals surface area contributed by atoms with Crippen LogP contribution in [0.4, 0.5) is 0 Å². The zero-order chi connectivity index (χ0) is 25.4. The summed E-state index contributed by atoms with van der Waals surface area (Å²) < 4.78 is 19.5. The molecule has 34 heavy (non-hydrogen) atoms. The van der Waals surface area contributed by atoms with Crippen molar-refractivity contribution in [3.8, 4) is 0 Å². The van der Waals surface area contributed by atoms with E-state index in [-0.39, 0.29) is 0 Å². The Kier molecular flexibility index (Phi) is 23.5. The second-order valence-electron chi connectivity index (χ2n) is 10.5. The Balaban J connectivity index is 3.99. The molecular formula is C29H64NO3Si+. The topological polar surface area (TPSA) is 27.7 Å². The van der Waals surface area contributed by atoms with Gasteiger partial charge in [-0.1, -0.05) is 104 Å². The number of quaternary nitrogens is 1. The Hall–Kier alpha value is 0.0569. The van der Waals surface area contributed by atoms with Gasteiger partial charge in [-0.05, 0) is 40.0 Å². The van der Waals surface area contributed by atoms with Crippen LogP contribution in [0.5, 0.6) is 0 Å². The minimum absolute atomic E-state index is 0.664. The molecular weight excluding hydrogens is 438 g/mol. The summed E-state index contributed by atoms with van der Waals surface area (Å²) in [4.78, 5) is 0. The molecule has 0 heterocycles. The maximum Gasteiger partial charge on any atom is 0.559 e. The molecule has 0 aromatic heterocycles. The summed E-state index contributed by atoms with van der Waals surface area (Å²) in [7, 11) is -0.224. The van der Waals surface area contributed by atoms with Gasteiger partial charge in [-0.25, -0.2) is 0 Å². The van der Waals surface area contributed by atoms with Gasteiger partial charge in [-0.2, -0.15) is 0 Å². The Morgan fingerprint density at radius 1 is 0.441 bits per heavy atom. The van der Waals surface area contributed by atoms with Crippen LogP contribution in [0.3, 0.4) is 0 Å². The van der Waals surface area contributed by atoms with Gasteiger partial charge < -0.3 is 17.8 Å². The predicted molar refractivity (Wildman–Crippen MR) is 151 cm³/mol. The lowest BCUT2D eigenvalue weighted by atomic mass is 10.0. The van der Waals surface area contributed by atoms with E-state index in [0.29, 0.717) is 19.8 Å². The van der Waals surface area contributed by atoms with Crippen molar-refractivity contribution in [2.24, 2.45) is 0 Å². The molecule has 0 aromatic carbocycles. The molecule has 1 atom stereocenters. The molecule has 0 amide bonds. The first-order chi connectivity index (χ1) is 16.5. The van der Waals surface area contributed by atoms with Crippen LogP contribution >= 0.6 is 0 Å². The lowest BCUT2D eigenvalue weighted by Gasteiger charge is -2.40. The standard InChI is InChI=1S/C29H64NO3Si/c1-7-12-13-14-15-16-17-18-19-20-21-22-23-24-25-26-28-30(6,27-8-2)29-34(31-9-3,32-10-4)33-11-5/h7-29H2,1-6H3/q+1. The molecule has 0 aliphatic heterocycles. The van der Waals surface area contributed by atoms with E-state index in [4.69, 9.17) is 13.3 Å². The lowest BCUT2D eigenvalue weighted by Crippen LogP contribution is -2.62. The fraction of sp³-hybridized carbons (Fsp3) is 1.00. The molecule has 0 bridgehead atoms. The van der Waals surface area contributed by atoms with Gasteiger partial charge in [0.1, 0.15) is 6.17 Å². The summed E-state index contributed by atoms with van der Waals surface area (Å²) in [6.07, 6.45) is 24.8. The molecule has 0 fully saturated rings.